The fourth-order valence-corrected chi connectivity index (χ4v) is 4.39. The lowest BCUT2D eigenvalue weighted by Crippen LogP contribution is -2.23. The van der Waals surface area contributed by atoms with Gasteiger partial charge in [0.1, 0.15) is 5.82 Å². The van der Waals surface area contributed by atoms with E-state index in [0.29, 0.717) is 17.2 Å². The number of imidazole rings is 1. The maximum absolute atomic E-state index is 13.3. The van der Waals surface area contributed by atoms with Crippen LogP contribution in [0.5, 0.6) is 0 Å². The molecule has 2 aromatic carbocycles. The van der Waals surface area contributed by atoms with Crippen molar-refractivity contribution in [1.82, 2.24) is 19.3 Å². The second kappa shape index (κ2) is 10.3. The van der Waals surface area contributed by atoms with Gasteiger partial charge in [0, 0.05) is 43.8 Å². The van der Waals surface area contributed by atoms with E-state index >= 15 is 0 Å². The number of alkyl halides is 4. The Morgan fingerprint density at radius 3 is 2.66 bits per heavy atom. The largest absolute Gasteiger partial charge is 0.416 e. The number of likely N-dealkylation sites (N-methyl/N-ethyl adjacent to an activating group) is 1. The van der Waals surface area contributed by atoms with E-state index in [1.54, 1.807) is 12.3 Å². The van der Waals surface area contributed by atoms with E-state index in [9.17, 15) is 13.2 Å². The molecule has 0 amide bonds. The van der Waals surface area contributed by atoms with Crippen molar-refractivity contribution in [2.45, 2.75) is 26.1 Å². The quantitative estimate of drug-likeness (QED) is 0.329. The number of nitrogens with zero attached hydrogens (tertiary/aromatic N) is 4. The number of halogens is 4. The molecule has 2 aromatic heterocycles. The van der Waals surface area contributed by atoms with Gasteiger partial charge in [0.15, 0.2) is 0 Å². The van der Waals surface area contributed by atoms with Gasteiger partial charge in [-0.3, -0.25) is 4.40 Å². The number of fused-ring (bicyclic) bond motifs is 3. The van der Waals surface area contributed by atoms with Crippen LogP contribution in [-0.4, -0.2) is 45.8 Å². The van der Waals surface area contributed by atoms with Crippen molar-refractivity contribution in [2.75, 3.05) is 31.8 Å². The summed E-state index contributed by atoms with van der Waals surface area (Å²) in [6.07, 6.45) is 3.86. The number of aromatic nitrogens is 3. The highest BCUT2D eigenvalue weighted by molar-refractivity contribution is 6.15. The summed E-state index contributed by atoms with van der Waals surface area (Å²) in [5.41, 5.74) is 3.56. The first kappa shape index (κ1) is 25.0. The summed E-state index contributed by atoms with van der Waals surface area (Å²) in [4.78, 5) is 11.3. The molecule has 0 fully saturated rings. The minimum Gasteiger partial charge on any atom is -0.365 e. The molecule has 0 atom stereocenters. The molecular weight excluding hydrogens is 475 g/mol. The first-order valence-electron chi connectivity index (χ1n) is 11.2. The van der Waals surface area contributed by atoms with E-state index in [1.165, 1.54) is 24.9 Å². The lowest BCUT2D eigenvalue weighted by atomic mass is 9.98. The van der Waals surface area contributed by atoms with E-state index in [1.807, 2.05) is 10.6 Å². The van der Waals surface area contributed by atoms with Crippen LogP contribution in [0.4, 0.5) is 19.0 Å². The Kier molecular flexibility index (Phi) is 7.33. The molecular formula is C26H27ClF3N5. The maximum atomic E-state index is 13.3. The lowest BCUT2D eigenvalue weighted by molar-refractivity contribution is -0.138. The summed E-state index contributed by atoms with van der Waals surface area (Å²) in [5, 5.41) is 4.19. The Balaban J connectivity index is 0.00000141. The normalized spacial score (nSPS) is 14.5. The smallest absolute Gasteiger partial charge is 0.365 e. The molecule has 4 aromatic rings. The molecule has 9 heteroatoms. The fraction of sp³-hybridized carbons (Fsp3) is 0.308. The fourth-order valence-electron chi connectivity index (χ4n) is 4.39. The zero-order chi connectivity index (χ0) is 25.2. The maximum Gasteiger partial charge on any atom is 0.416 e. The third kappa shape index (κ3) is 5.13. The van der Waals surface area contributed by atoms with E-state index in [2.05, 4.69) is 63.1 Å². The first-order chi connectivity index (χ1) is 16.8. The molecule has 1 aliphatic rings. The van der Waals surface area contributed by atoms with Crippen LogP contribution in [0, 0.1) is 6.92 Å². The topological polar surface area (TPSA) is 45.5 Å². The molecule has 0 aliphatic carbocycles. The molecule has 1 aliphatic heterocycles. The highest BCUT2D eigenvalue weighted by Crippen LogP contribution is 2.34. The average molecular weight is 502 g/mol. The molecule has 0 saturated heterocycles. The van der Waals surface area contributed by atoms with Crippen molar-refractivity contribution in [1.29, 1.82) is 0 Å². The number of anilines is 1. The van der Waals surface area contributed by atoms with Gasteiger partial charge in [0.05, 0.1) is 11.1 Å². The van der Waals surface area contributed by atoms with Gasteiger partial charge in [-0.2, -0.15) is 18.2 Å². The second-order valence-electron chi connectivity index (χ2n) is 8.47. The Morgan fingerprint density at radius 1 is 1.14 bits per heavy atom. The minimum absolute atomic E-state index is 0.223. The van der Waals surface area contributed by atoms with Crippen LogP contribution in [0.15, 0.2) is 54.9 Å². The summed E-state index contributed by atoms with van der Waals surface area (Å²) in [7, 11) is 2.10. The predicted octanol–water partition coefficient (Wildman–Crippen LogP) is 6.40. The highest BCUT2D eigenvalue weighted by atomic mass is 35.5. The van der Waals surface area contributed by atoms with Crippen molar-refractivity contribution in [3.8, 4) is 0 Å². The van der Waals surface area contributed by atoms with Gasteiger partial charge >= 0.3 is 6.18 Å². The van der Waals surface area contributed by atoms with E-state index in [4.69, 9.17) is 0 Å². The third-order valence-corrected chi connectivity index (χ3v) is 6.32. The highest BCUT2D eigenvalue weighted by Gasteiger charge is 2.32. The van der Waals surface area contributed by atoms with Crippen LogP contribution in [0.1, 0.15) is 28.7 Å². The van der Waals surface area contributed by atoms with Gasteiger partial charge in [0.25, 0.3) is 0 Å². The van der Waals surface area contributed by atoms with Gasteiger partial charge in [0.2, 0.25) is 5.78 Å². The molecule has 0 saturated carbocycles. The van der Waals surface area contributed by atoms with Crippen molar-refractivity contribution < 1.29 is 13.2 Å². The molecule has 35 heavy (non-hydrogen) atoms. The molecule has 5 rings (SSSR count). The Morgan fingerprint density at radius 2 is 1.94 bits per heavy atom. The van der Waals surface area contributed by atoms with Crippen molar-refractivity contribution in [2.24, 2.45) is 0 Å². The molecule has 0 unspecified atom stereocenters. The number of nitrogens with one attached hydrogen (secondary N) is 1. The van der Waals surface area contributed by atoms with Gasteiger partial charge in [-0.05, 0) is 60.9 Å². The second-order valence-corrected chi connectivity index (χ2v) is 8.47. The van der Waals surface area contributed by atoms with Crippen LogP contribution in [0.25, 0.3) is 22.3 Å². The summed E-state index contributed by atoms with van der Waals surface area (Å²) < 4.78 is 41.9. The first-order valence-corrected chi connectivity index (χ1v) is 12.0. The monoisotopic (exact) mass is 501 g/mol. The van der Waals surface area contributed by atoms with E-state index < -0.39 is 11.7 Å². The third-order valence-electron chi connectivity index (χ3n) is 6.32. The Labute approximate surface area is 207 Å². The minimum atomic E-state index is -4.38. The molecule has 1 N–H and O–H groups in total. The van der Waals surface area contributed by atoms with Crippen LogP contribution in [0.2, 0.25) is 0 Å². The lowest BCUT2D eigenvalue weighted by Gasteiger charge is -2.22. The summed E-state index contributed by atoms with van der Waals surface area (Å²) in [5.74, 6) is 1.15. The molecule has 184 valence electrons. The summed E-state index contributed by atoms with van der Waals surface area (Å²) in [6, 6.07) is 10.6. The standard InChI is InChI=1S/C25H24F3N5.CH3Cl/c1-16-19(4-3-5-21(16)25(26,27)28)15-30-23-20-14-18(17-8-11-32(2)12-9-17)6-7-22(20)33-13-10-29-24(33)31-23;1-2/h3-8,10,13-14H,9,11-12,15H2,1-2H3,(H,29,30,31);1H3. The zero-order valence-corrected chi connectivity index (χ0v) is 20.6. The average Bonchev–Trinajstić information content (AvgIpc) is 3.33. The number of hydrogen-bond donors (Lipinski definition) is 1. The Bertz CT molecular complexity index is 1380. The molecule has 0 bridgehead atoms. The van der Waals surface area contributed by atoms with Crippen molar-refractivity contribution in [3.05, 3.63) is 77.1 Å². The van der Waals surface area contributed by atoms with Crippen LogP contribution in [0.3, 0.4) is 0 Å². The van der Waals surface area contributed by atoms with Crippen LogP contribution in [-0.2, 0) is 12.7 Å². The SMILES string of the molecule is CCl.Cc1c(CNc2nc3nccn3c3ccc(C4=CCN(C)CC4)cc23)cccc1C(F)(F)F. The van der Waals surface area contributed by atoms with Crippen LogP contribution >= 0.6 is 11.6 Å². The molecule has 0 spiro atoms. The number of benzene rings is 2. The molecule has 0 radical (unpaired) electrons. The van der Waals surface area contributed by atoms with Gasteiger partial charge in [-0.25, -0.2) is 4.98 Å². The van der Waals surface area contributed by atoms with Crippen molar-refractivity contribution >= 4 is 39.7 Å². The molecule has 3 heterocycles. The number of hydrogen-bond acceptors (Lipinski definition) is 4. The number of rotatable bonds is 4. The van der Waals surface area contributed by atoms with Gasteiger partial charge < -0.3 is 10.2 Å². The van der Waals surface area contributed by atoms with Gasteiger partial charge in [-0.1, -0.05) is 24.3 Å². The predicted molar refractivity (Wildman–Crippen MR) is 136 cm³/mol. The summed E-state index contributed by atoms with van der Waals surface area (Å²) in [6.45, 7) is 3.65. The Hall–Kier alpha value is -3.10. The van der Waals surface area contributed by atoms with Crippen LogP contribution < -0.4 is 5.32 Å². The zero-order valence-electron chi connectivity index (χ0n) is 19.8. The molecule has 5 nitrogen and oxygen atoms in total. The van der Waals surface area contributed by atoms with Crippen molar-refractivity contribution in [3.63, 3.8) is 0 Å². The van der Waals surface area contributed by atoms with Gasteiger partial charge in [-0.15, -0.1) is 11.6 Å². The van der Waals surface area contributed by atoms with E-state index in [0.717, 1.165) is 42.0 Å². The summed E-state index contributed by atoms with van der Waals surface area (Å²) >= 11 is 4.64. The van der Waals surface area contributed by atoms with E-state index in [-0.39, 0.29) is 12.1 Å².